The van der Waals surface area contributed by atoms with Crippen LogP contribution in [0.25, 0.3) is 0 Å². The van der Waals surface area contributed by atoms with Crippen molar-refractivity contribution in [2.45, 2.75) is 26.2 Å². The van der Waals surface area contributed by atoms with Crippen molar-refractivity contribution >= 4 is 40.5 Å². The molecule has 1 amide bonds. The average molecular weight is 464 g/mol. The molecule has 1 aromatic heterocycles. The second kappa shape index (κ2) is 7.82. The molecule has 0 radical (unpaired) electrons. The molecule has 2 saturated carbocycles. The Hall–Kier alpha value is -3.95. The highest BCUT2D eigenvalue weighted by Crippen LogP contribution is 2.49. The summed E-state index contributed by atoms with van der Waals surface area (Å²) in [5.41, 5.74) is 0.401. The molecule has 3 aliphatic carbocycles. The van der Waals surface area contributed by atoms with Crippen molar-refractivity contribution in [3.63, 3.8) is 0 Å². The molecule has 5 atom stereocenters. The number of amides is 1. The lowest BCUT2D eigenvalue weighted by atomic mass is 9.56. The van der Waals surface area contributed by atoms with E-state index in [0.717, 1.165) is 6.92 Å². The summed E-state index contributed by atoms with van der Waals surface area (Å²) in [5, 5.41) is 16.7. The smallest absolute Gasteiger partial charge is 0.294 e. The number of rotatable bonds is 3. The average Bonchev–Trinajstić information content (AvgIpc) is 3.30. The molecule has 10 heteroatoms. The molecule has 174 valence electrons. The summed E-state index contributed by atoms with van der Waals surface area (Å²) < 4.78 is 4.78. The Morgan fingerprint density at radius 3 is 2.44 bits per heavy atom. The van der Waals surface area contributed by atoms with Crippen LogP contribution >= 0.6 is 0 Å². The fraction of sp³-hybridized carbons (Fsp3) is 0.375. The summed E-state index contributed by atoms with van der Waals surface area (Å²) in [7, 11) is 0. The molecule has 10 nitrogen and oxygen atoms in total. The van der Waals surface area contributed by atoms with Crippen LogP contribution in [-0.4, -0.2) is 45.1 Å². The van der Waals surface area contributed by atoms with Gasteiger partial charge in [0.15, 0.2) is 23.1 Å². The summed E-state index contributed by atoms with van der Waals surface area (Å²) >= 11 is 0. The number of hydrogen-bond donors (Lipinski definition) is 2. The van der Waals surface area contributed by atoms with E-state index in [9.17, 15) is 33.9 Å². The van der Waals surface area contributed by atoms with Crippen LogP contribution in [0.5, 0.6) is 5.75 Å². The number of carbonyl (C=O) groups excluding carboxylic acids is 6. The molecule has 5 unspecified atom stereocenters. The van der Waals surface area contributed by atoms with E-state index in [1.807, 2.05) is 0 Å². The maximum Gasteiger partial charge on any atom is 0.294 e. The number of phenols is 1. The van der Waals surface area contributed by atoms with E-state index in [4.69, 9.17) is 4.52 Å². The minimum Gasteiger partial charge on any atom is -0.505 e. The Balaban J connectivity index is 1.48. The SMILES string of the molecule is CC(=O)C1C(=O)CC2CC3Cc4ccc(NC(=O)c5ccno5)c(O)c4C(=O)C3C(=O)C2C1=O. The number of aromatic hydroxyl groups is 1. The molecule has 0 aliphatic heterocycles. The van der Waals surface area contributed by atoms with Gasteiger partial charge < -0.3 is 14.9 Å². The minimum absolute atomic E-state index is 0.0379. The fourth-order valence-corrected chi connectivity index (χ4v) is 5.71. The Morgan fingerprint density at radius 2 is 1.76 bits per heavy atom. The zero-order valence-corrected chi connectivity index (χ0v) is 18.1. The van der Waals surface area contributed by atoms with E-state index < -0.39 is 70.2 Å². The van der Waals surface area contributed by atoms with Gasteiger partial charge in [0.1, 0.15) is 17.5 Å². The normalized spacial score (nSPS) is 28.1. The summed E-state index contributed by atoms with van der Waals surface area (Å²) in [6.07, 6.45) is 1.85. The zero-order chi connectivity index (χ0) is 24.3. The predicted molar refractivity (Wildman–Crippen MR) is 113 cm³/mol. The first-order valence-corrected chi connectivity index (χ1v) is 10.9. The Labute approximate surface area is 192 Å². The van der Waals surface area contributed by atoms with Gasteiger partial charge in [-0.1, -0.05) is 11.2 Å². The van der Waals surface area contributed by atoms with E-state index in [0.29, 0.717) is 18.4 Å². The van der Waals surface area contributed by atoms with Gasteiger partial charge in [-0.25, -0.2) is 0 Å². The molecule has 2 fully saturated rings. The summed E-state index contributed by atoms with van der Waals surface area (Å²) in [6.45, 7) is 1.14. The second-order valence-corrected chi connectivity index (χ2v) is 9.13. The molecule has 0 spiro atoms. The summed E-state index contributed by atoms with van der Waals surface area (Å²) in [4.78, 5) is 76.3. The Morgan fingerprint density at radius 1 is 1.03 bits per heavy atom. The van der Waals surface area contributed by atoms with Crippen molar-refractivity contribution in [1.82, 2.24) is 5.16 Å². The Bertz CT molecular complexity index is 1280. The van der Waals surface area contributed by atoms with Gasteiger partial charge in [-0.2, -0.15) is 0 Å². The van der Waals surface area contributed by atoms with Crippen LogP contribution in [0, 0.1) is 29.6 Å². The van der Waals surface area contributed by atoms with Gasteiger partial charge in [-0.15, -0.1) is 0 Å². The number of ketones is 5. The van der Waals surface area contributed by atoms with Crippen molar-refractivity contribution in [2.24, 2.45) is 29.6 Å². The predicted octanol–water partition coefficient (Wildman–Crippen LogP) is 1.56. The standard InChI is InChI=1S/C24H20N2O8/c1-9(27)16-14(28)8-12-7-11-6-10-2-3-13(26-24(33)15-4-5-25-34-15)20(29)17(10)22(31)18(11)23(32)19(12)21(16)30/h2-5,11-12,16,18-19,29H,6-8H2,1H3,(H,26,33). The number of anilines is 1. The molecule has 0 bridgehead atoms. The number of Topliss-reactive ketones (excluding diaryl/α,β-unsaturated/α-hetero) is 5. The van der Waals surface area contributed by atoms with Crippen LogP contribution in [0.1, 0.15) is 46.2 Å². The van der Waals surface area contributed by atoms with Crippen molar-refractivity contribution in [1.29, 1.82) is 0 Å². The Kier molecular flexibility index (Phi) is 5.03. The number of phenolic OH excluding ortho intramolecular Hbond substituents is 1. The fourth-order valence-electron chi connectivity index (χ4n) is 5.71. The summed E-state index contributed by atoms with van der Waals surface area (Å²) in [6, 6.07) is 4.38. The molecule has 0 saturated heterocycles. The van der Waals surface area contributed by atoms with Gasteiger partial charge in [0.25, 0.3) is 5.91 Å². The van der Waals surface area contributed by atoms with Gasteiger partial charge in [-0.05, 0) is 43.2 Å². The van der Waals surface area contributed by atoms with E-state index in [1.54, 1.807) is 6.07 Å². The number of carbonyl (C=O) groups is 6. The van der Waals surface area contributed by atoms with Gasteiger partial charge >= 0.3 is 0 Å². The van der Waals surface area contributed by atoms with Crippen molar-refractivity contribution < 1.29 is 38.4 Å². The topological polar surface area (TPSA) is 161 Å². The van der Waals surface area contributed by atoms with Gasteiger partial charge in [0.05, 0.1) is 29.3 Å². The van der Waals surface area contributed by atoms with Crippen LogP contribution in [-0.2, 0) is 25.6 Å². The van der Waals surface area contributed by atoms with Crippen molar-refractivity contribution in [2.75, 3.05) is 5.32 Å². The first-order valence-electron chi connectivity index (χ1n) is 10.9. The summed E-state index contributed by atoms with van der Waals surface area (Å²) in [5.74, 6) is -9.05. The van der Waals surface area contributed by atoms with Crippen LogP contribution < -0.4 is 5.32 Å². The number of nitrogens with one attached hydrogen (secondary N) is 1. The lowest BCUT2D eigenvalue weighted by Crippen LogP contribution is -2.55. The minimum atomic E-state index is -1.46. The molecule has 1 heterocycles. The highest BCUT2D eigenvalue weighted by Gasteiger charge is 2.57. The van der Waals surface area contributed by atoms with Crippen LogP contribution in [0.2, 0.25) is 0 Å². The molecule has 1 aromatic carbocycles. The molecule has 5 rings (SSSR count). The number of hydrogen-bond acceptors (Lipinski definition) is 9. The molecule has 3 aliphatic rings. The van der Waals surface area contributed by atoms with Crippen LogP contribution in [0.3, 0.4) is 0 Å². The highest BCUT2D eigenvalue weighted by molar-refractivity contribution is 6.28. The highest BCUT2D eigenvalue weighted by atomic mass is 16.5. The molecule has 2 aromatic rings. The number of aromatic nitrogens is 1. The van der Waals surface area contributed by atoms with Crippen LogP contribution in [0.15, 0.2) is 28.9 Å². The van der Waals surface area contributed by atoms with E-state index in [1.165, 1.54) is 18.3 Å². The second-order valence-electron chi connectivity index (χ2n) is 9.13. The lowest BCUT2D eigenvalue weighted by Gasteiger charge is -2.44. The third kappa shape index (κ3) is 3.20. The molecule has 2 N–H and O–H groups in total. The zero-order valence-electron chi connectivity index (χ0n) is 18.1. The van der Waals surface area contributed by atoms with E-state index in [-0.39, 0.29) is 23.4 Å². The molecular formula is C24H20N2O8. The van der Waals surface area contributed by atoms with Gasteiger partial charge in [0.2, 0.25) is 5.76 Å². The molecule has 34 heavy (non-hydrogen) atoms. The van der Waals surface area contributed by atoms with E-state index in [2.05, 4.69) is 10.5 Å². The van der Waals surface area contributed by atoms with Crippen LogP contribution in [0.4, 0.5) is 5.69 Å². The monoisotopic (exact) mass is 464 g/mol. The molecular weight excluding hydrogens is 444 g/mol. The van der Waals surface area contributed by atoms with Gasteiger partial charge in [0, 0.05) is 12.5 Å². The number of benzene rings is 1. The quantitative estimate of drug-likeness (QED) is 0.507. The third-order valence-corrected chi connectivity index (χ3v) is 7.13. The van der Waals surface area contributed by atoms with E-state index >= 15 is 0 Å². The largest absolute Gasteiger partial charge is 0.505 e. The maximum atomic E-state index is 13.4. The number of fused-ring (bicyclic) bond motifs is 3. The first kappa shape index (κ1) is 21.9. The van der Waals surface area contributed by atoms with Crippen molar-refractivity contribution in [3.05, 3.63) is 41.3 Å². The number of nitrogens with zero attached hydrogens (tertiary/aromatic N) is 1. The first-order chi connectivity index (χ1) is 16.2. The maximum absolute atomic E-state index is 13.4. The van der Waals surface area contributed by atoms with Gasteiger partial charge in [-0.3, -0.25) is 28.8 Å². The lowest BCUT2D eigenvalue weighted by molar-refractivity contribution is -0.152. The van der Waals surface area contributed by atoms with Crippen molar-refractivity contribution in [3.8, 4) is 5.75 Å². The third-order valence-electron chi connectivity index (χ3n) is 7.13.